The molecular formula is C22H26N2O4S. The van der Waals surface area contributed by atoms with Gasteiger partial charge >= 0.3 is 0 Å². The third-order valence-corrected chi connectivity index (χ3v) is 7.12. The van der Waals surface area contributed by atoms with E-state index in [2.05, 4.69) is 11.1 Å². The Hall–Kier alpha value is -2.54. The smallest absolute Gasteiger partial charge is 0.260 e. The van der Waals surface area contributed by atoms with Crippen LogP contribution in [0.4, 0.5) is 0 Å². The Morgan fingerprint density at radius 1 is 1.17 bits per heavy atom. The van der Waals surface area contributed by atoms with Crippen LogP contribution in [0.25, 0.3) is 21.8 Å². The Labute approximate surface area is 170 Å². The number of H-pyrrole nitrogens is 1. The van der Waals surface area contributed by atoms with E-state index < -0.39 is 9.84 Å². The van der Waals surface area contributed by atoms with E-state index in [1.165, 1.54) is 0 Å². The first-order valence-corrected chi connectivity index (χ1v) is 11.8. The van der Waals surface area contributed by atoms with Crippen molar-refractivity contribution in [3.63, 3.8) is 0 Å². The third kappa shape index (κ3) is 4.24. The van der Waals surface area contributed by atoms with E-state index in [1.54, 1.807) is 4.90 Å². The summed E-state index contributed by atoms with van der Waals surface area (Å²) in [5.41, 5.74) is 2.01. The molecule has 1 aromatic heterocycles. The third-order valence-electron chi connectivity index (χ3n) is 5.37. The number of para-hydroxylation sites is 1. The van der Waals surface area contributed by atoms with Gasteiger partial charge in [-0.05, 0) is 30.5 Å². The fourth-order valence-corrected chi connectivity index (χ4v) is 5.75. The van der Waals surface area contributed by atoms with E-state index in [1.807, 2.05) is 50.2 Å². The number of benzene rings is 2. The SMILES string of the molecule is CC(C)CN(C(=O)COc1ccc2c(c1)[nH]c1ccccc12)[C@@H]1CCS(=O)(=O)C1. The number of nitrogens with one attached hydrogen (secondary N) is 1. The number of aromatic nitrogens is 1. The predicted octanol–water partition coefficient (Wildman–Crippen LogP) is 3.37. The molecule has 0 radical (unpaired) electrons. The summed E-state index contributed by atoms with van der Waals surface area (Å²) in [6.45, 7) is 4.47. The summed E-state index contributed by atoms with van der Waals surface area (Å²) in [5.74, 6) is 0.896. The number of rotatable bonds is 6. The van der Waals surface area contributed by atoms with E-state index in [4.69, 9.17) is 4.74 Å². The van der Waals surface area contributed by atoms with Crippen molar-refractivity contribution in [1.82, 2.24) is 9.88 Å². The second-order valence-electron chi connectivity index (χ2n) is 8.16. The van der Waals surface area contributed by atoms with Gasteiger partial charge in [0.2, 0.25) is 0 Å². The van der Waals surface area contributed by atoms with Crippen LogP contribution in [0.5, 0.6) is 5.75 Å². The number of hydrogen-bond acceptors (Lipinski definition) is 4. The zero-order chi connectivity index (χ0) is 20.6. The Morgan fingerprint density at radius 2 is 1.93 bits per heavy atom. The first-order chi connectivity index (χ1) is 13.8. The van der Waals surface area contributed by atoms with Gasteiger partial charge in [-0.2, -0.15) is 0 Å². The Bertz CT molecular complexity index is 1150. The second kappa shape index (κ2) is 7.71. The van der Waals surface area contributed by atoms with Crippen molar-refractivity contribution in [2.75, 3.05) is 24.7 Å². The van der Waals surface area contributed by atoms with Gasteiger partial charge in [0, 0.05) is 34.9 Å². The van der Waals surface area contributed by atoms with Crippen LogP contribution in [-0.4, -0.2) is 54.9 Å². The number of hydrogen-bond donors (Lipinski definition) is 1. The van der Waals surface area contributed by atoms with Gasteiger partial charge < -0.3 is 14.6 Å². The van der Waals surface area contributed by atoms with Gasteiger partial charge in [-0.3, -0.25) is 4.79 Å². The van der Waals surface area contributed by atoms with Crippen molar-refractivity contribution >= 4 is 37.6 Å². The highest BCUT2D eigenvalue weighted by molar-refractivity contribution is 7.91. The van der Waals surface area contributed by atoms with Crippen LogP contribution in [0, 0.1) is 5.92 Å². The summed E-state index contributed by atoms with van der Waals surface area (Å²) in [6.07, 6.45) is 0.502. The summed E-state index contributed by atoms with van der Waals surface area (Å²) in [4.78, 5) is 17.9. The first-order valence-electron chi connectivity index (χ1n) is 9.95. The highest BCUT2D eigenvalue weighted by Gasteiger charge is 2.34. The fourth-order valence-electron chi connectivity index (χ4n) is 4.02. The minimum absolute atomic E-state index is 0.0481. The number of ether oxygens (including phenoxy) is 1. The molecule has 0 bridgehead atoms. The van der Waals surface area contributed by atoms with E-state index in [9.17, 15) is 13.2 Å². The lowest BCUT2D eigenvalue weighted by Gasteiger charge is -2.29. The maximum Gasteiger partial charge on any atom is 0.260 e. The fraction of sp³-hybridized carbons (Fsp3) is 0.409. The summed E-state index contributed by atoms with van der Waals surface area (Å²) in [6, 6.07) is 13.6. The number of sulfone groups is 1. The molecule has 4 rings (SSSR count). The molecule has 0 aliphatic carbocycles. The molecule has 0 saturated carbocycles. The van der Waals surface area contributed by atoms with Gasteiger partial charge in [0.1, 0.15) is 5.75 Å². The van der Waals surface area contributed by atoms with Crippen molar-refractivity contribution < 1.29 is 17.9 Å². The number of carbonyl (C=O) groups excluding carboxylic acids is 1. The van der Waals surface area contributed by atoms with Gasteiger partial charge in [0.15, 0.2) is 16.4 Å². The van der Waals surface area contributed by atoms with Gasteiger partial charge in [-0.15, -0.1) is 0 Å². The van der Waals surface area contributed by atoms with E-state index in [0.717, 1.165) is 21.8 Å². The van der Waals surface area contributed by atoms with Crippen LogP contribution in [0.1, 0.15) is 20.3 Å². The average Bonchev–Trinajstić information content (AvgIpc) is 3.23. The lowest BCUT2D eigenvalue weighted by molar-refractivity contribution is -0.135. The molecule has 1 amide bonds. The maximum absolute atomic E-state index is 12.9. The van der Waals surface area contributed by atoms with Crippen molar-refractivity contribution in [1.29, 1.82) is 0 Å². The molecule has 1 aliphatic heterocycles. The molecule has 1 fully saturated rings. The Morgan fingerprint density at radius 3 is 2.66 bits per heavy atom. The van der Waals surface area contributed by atoms with Crippen molar-refractivity contribution in [3.8, 4) is 5.75 Å². The predicted molar refractivity (Wildman–Crippen MR) is 115 cm³/mol. The highest BCUT2D eigenvalue weighted by Crippen LogP contribution is 2.28. The molecule has 29 heavy (non-hydrogen) atoms. The summed E-state index contributed by atoms with van der Waals surface area (Å²) in [5, 5.41) is 2.26. The van der Waals surface area contributed by atoms with Gasteiger partial charge in [-0.1, -0.05) is 32.0 Å². The standard InChI is InChI=1S/C22H26N2O4S/c1-15(2)12-24(16-9-10-29(26,27)14-16)22(25)13-28-17-7-8-19-18-5-3-4-6-20(18)23-21(19)11-17/h3-8,11,15-16,23H,9-10,12-14H2,1-2H3/t16-/m1/s1. The van der Waals surface area contributed by atoms with Crippen LogP contribution >= 0.6 is 0 Å². The molecule has 6 nitrogen and oxygen atoms in total. The zero-order valence-corrected chi connectivity index (χ0v) is 17.5. The molecule has 1 atom stereocenters. The van der Waals surface area contributed by atoms with Gasteiger partial charge in [0.25, 0.3) is 5.91 Å². The lowest BCUT2D eigenvalue weighted by Crippen LogP contribution is -2.45. The molecule has 1 aliphatic rings. The van der Waals surface area contributed by atoms with Crippen molar-refractivity contribution in [2.24, 2.45) is 5.92 Å². The zero-order valence-electron chi connectivity index (χ0n) is 16.7. The van der Waals surface area contributed by atoms with Gasteiger partial charge in [0.05, 0.1) is 17.0 Å². The summed E-state index contributed by atoms with van der Waals surface area (Å²) >= 11 is 0. The van der Waals surface area contributed by atoms with Crippen LogP contribution < -0.4 is 4.74 Å². The van der Waals surface area contributed by atoms with E-state index in [-0.39, 0.29) is 36.0 Å². The van der Waals surface area contributed by atoms with Gasteiger partial charge in [-0.25, -0.2) is 8.42 Å². The lowest BCUT2D eigenvalue weighted by atomic mass is 10.1. The summed E-state index contributed by atoms with van der Waals surface area (Å²) in [7, 11) is -3.05. The molecular weight excluding hydrogens is 388 g/mol. The molecule has 0 unspecified atom stereocenters. The quantitative estimate of drug-likeness (QED) is 0.671. The largest absolute Gasteiger partial charge is 0.484 e. The molecule has 1 saturated heterocycles. The number of carbonyl (C=O) groups is 1. The Kier molecular flexibility index (Phi) is 5.25. The number of amides is 1. The van der Waals surface area contributed by atoms with Crippen molar-refractivity contribution in [3.05, 3.63) is 42.5 Å². The second-order valence-corrected chi connectivity index (χ2v) is 10.4. The number of fused-ring (bicyclic) bond motifs is 3. The summed E-state index contributed by atoms with van der Waals surface area (Å²) < 4.78 is 29.5. The minimum atomic E-state index is -3.05. The molecule has 1 N–H and O–H groups in total. The molecule has 2 heterocycles. The normalized spacial score (nSPS) is 18.5. The number of nitrogens with zero attached hydrogens (tertiary/aromatic N) is 1. The Balaban J connectivity index is 1.49. The first kappa shape index (κ1) is 19.8. The van der Waals surface area contributed by atoms with E-state index in [0.29, 0.717) is 18.7 Å². The van der Waals surface area contributed by atoms with Crippen LogP contribution in [-0.2, 0) is 14.6 Å². The molecule has 7 heteroatoms. The van der Waals surface area contributed by atoms with Crippen LogP contribution in [0.3, 0.4) is 0 Å². The maximum atomic E-state index is 12.9. The molecule has 2 aromatic carbocycles. The van der Waals surface area contributed by atoms with E-state index >= 15 is 0 Å². The van der Waals surface area contributed by atoms with Crippen molar-refractivity contribution in [2.45, 2.75) is 26.3 Å². The molecule has 3 aromatic rings. The molecule has 0 spiro atoms. The van der Waals surface area contributed by atoms with Crippen LogP contribution in [0.2, 0.25) is 0 Å². The topological polar surface area (TPSA) is 79.5 Å². The monoisotopic (exact) mass is 414 g/mol. The average molecular weight is 415 g/mol. The number of aromatic amines is 1. The van der Waals surface area contributed by atoms with Crippen LogP contribution in [0.15, 0.2) is 42.5 Å². The minimum Gasteiger partial charge on any atom is -0.484 e. The molecule has 154 valence electrons. The highest BCUT2D eigenvalue weighted by atomic mass is 32.2.